The van der Waals surface area contributed by atoms with Gasteiger partial charge in [-0.15, -0.1) is 0 Å². The van der Waals surface area contributed by atoms with Crippen molar-refractivity contribution in [2.24, 2.45) is 0 Å². The zero-order valence-electron chi connectivity index (χ0n) is 17.5. The van der Waals surface area contributed by atoms with Gasteiger partial charge in [0.25, 0.3) is 0 Å². The fourth-order valence-corrected chi connectivity index (χ4v) is 2.89. The lowest BCUT2D eigenvalue weighted by atomic mass is 9.78. The summed E-state index contributed by atoms with van der Waals surface area (Å²) in [6.45, 7) is 13.4. The normalized spacial score (nSPS) is 18.5. The molecule has 0 spiro atoms. The first kappa shape index (κ1) is 20.5. The molecule has 3 rings (SSSR count). The number of rotatable bonds is 3. The van der Waals surface area contributed by atoms with Crippen LogP contribution in [0.15, 0.2) is 22.6 Å². The number of hydrogen-bond acceptors (Lipinski definition) is 6. The first-order valence-corrected chi connectivity index (χ1v) is 9.35. The van der Waals surface area contributed by atoms with Gasteiger partial charge in [0.1, 0.15) is 11.4 Å². The van der Waals surface area contributed by atoms with Gasteiger partial charge in [-0.05, 0) is 66.1 Å². The van der Waals surface area contributed by atoms with Gasteiger partial charge in [-0.2, -0.15) is 0 Å². The SMILES string of the molecule is CC(C)(C)OC(=O)NCc1cc2cc(B3OC(C)(C)C(C)(C)O3)cc(O)c2o1. The van der Waals surface area contributed by atoms with Crippen LogP contribution >= 0.6 is 0 Å². The van der Waals surface area contributed by atoms with E-state index in [4.69, 9.17) is 18.5 Å². The number of aromatic hydroxyl groups is 1. The van der Waals surface area contributed by atoms with Crippen LogP contribution in [0.2, 0.25) is 0 Å². The Balaban J connectivity index is 1.78. The Morgan fingerprint density at radius 1 is 1.14 bits per heavy atom. The van der Waals surface area contributed by atoms with Crippen LogP contribution in [-0.2, 0) is 20.6 Å². The second kappa shape index (κ2) is 6.70. The molecule has 1 aliphatic rings. The van der Waals surface area contributed by atoms with Gasteiger partial charge in [0, 0.05) is 5.39 Å². The number of nitrogens with one attached hydrogen (secondary N) is 1. The van der Waals surface area contributed by atoms with Crippen LogP contribution in [-0.4, -0.2) is 35.1 Å². The number of benzene rings is 1. The van der Waals surface area contributed by atoms with Gasteiger partial charge >= 0.3 is 13.2 Å². The van der Waals surface area contributed by atoms with E-state index >= 15 is 0 Å². The maximum absolute atomic E-state index is 11.8. The van der Waals surface area contributed by atoms with E-state index in [1.54, 1.807) is 32.9 Å². The predicted octanol–water partition coefficient (Wildman–Crippen LogP) is 3.46. The van der Waals surface area contributed by atoms with E-state index in [9.17, 15) is 9.90 Å². The molecule has 2 aromatic rings. The molecule has 0 aliphatic carbocycles. The number of alkyl carbamates (subject to hydrolysis) is 1. The van der Waals surface area contributed by atoms with Gasteiger partial charge in [0.05, 0.1) is 17.7 Å². The third-order valence-electron chi connectivity index (χ3n) is 5.00. The number of furan rings is 1. The maximum atomic E-state index is 11.8. The number of phenols is 1. The van der Waals surface area contributed by atoms with Crippen molar-refractivity contribution in [3.8, 4) is 5.75 Å². The van der Waals surface area contributed by atoms with Crippen molar-refractivity contribution in [2.75, 3.05) is 0 Å². The minimum atomic E-state index is -0.585. The molecule has 7 nitrogen and oxygen atoms in total. The summed E-state index contributed by atoms with van der Waals surface area (Å²) in [5, 5.41) is 13.7. The van der Waals surface area contributed by atoms with Crippen LogP contribution in [0.25, 0.3) is 11.0 Å². The van der Waals surface area contributed by atoms with Crippen molar-refractivity contribution in [1.82, 2.24) is 5.32 Å². The van der Waals surface area contributed by atoms with Crippen LogP contribution in [0.1, 0.15) is 54.2 Å². The van der Waals surface area contributed by atoms with E-state index in [0.29, 0.717) is 22.2 Å². The lowest BCUT2D eigenvalue weighted by Crippen LogP contribution is -2.41. The maximum Gasteiger partial charge on any atom is 0.494 e. The Morgan fingerprint density at radius 3 is 2.32 bits per heavy atom. The second-order valence-corrected chi connectivity index (χ2v) is 9.11. The lowest BCUT2D eigenvalue weighted by Gasteiger charge is -2.32. The molecule has 0 atom stereocenters. The summed E-state index contributed by atoms with van der Waals surface area (Å²) in [4.78, 5) is 11.8. The fourth-order valence-electron chi connectivity index (χ4n) is 2.89. The molecule has 1 amide bonds. The quantitative estimate of drug-likeness (QED) is 0.782. The summed E-state index contributed by atoms with van der Waals surface area (Å²) in [5.41, 5.74) is -0.465. The van der Waals surface area contributed by atoms with E-state index in [0.717, 1.165) is 0 Å². The summed E-state index contributed by atoms with van der Waals surface area (Å²) in [6.07, 6.45) is -0.532. The first-order chi connectivity index (χ1) is 12.8. The van der Waals surface area contributed by atoms with E-state index in [1.807, 2.05) is 33.8 Å². The minimum Gasteiger partial charge on any atom is -0.504 e. The third-order valence-corrected chi connectivity index (χ3v) is 5.00. The van der Waals surface area contributed by atoms with Gasteiger partial charge in [0.2, 0.25) is 0 Å². The van der Waals surface area contributed by atoms with E-state index in [-0.39, 0.29) is 12.3 Å². The number of ether oxygens (including phenoxy) is 1. The molecule has 2 N–H and O–H groups in total. The summed E-state index contributed by atoms with van der Waals surface area (Å²) >= 11 is 0. The molecule has 2 heterocycles. The van der Waals surface area contributed by atoms with Gasteiger partial charge < -0.3 is 28.9 Å². The zero-order valence-corrected chi connectivity index (χ0v) is 17.5. The molecular weight excluding hydrogens is 361 g/mol. The Hall–Kier alpha value is -2.19. The number of fused-ring (bicyclic) bond motifs is 1. The molecule has 152 valence electrons. The Bertz CT molecular complexity index is 880. The van der Waals surface area contributed by atoms with Crippen molar-refractivity contribution >= 4 is 29.6 Å². The summed E-state index contributed by atoms with van der Waals surface area (Å²) in [6, 6.07) is 5.21. The molecule has 0 radical (unpaired) electrons. The van der Waals surface area contributed by atoms with Crippen LogP contribution in [0.5, 0.6) is 5.75 Å². The molecule has 0 saturated carbocycles. The Morgan fingerprint density at radius 2 is 1.75 bits per heavy atom. The van der Waals surface area contributed by atoms with E-state index in [1.165, 1.54) is 0 Å². The standard InChI is InChI=1S/C20H28BNO6/c1-18(2,3)26-17(24)22-11-14-9-12-8-13(10-15(23)16(12)25-14)21-27-19(4,5)20(6,7)28-21/h8-10,23H,11H2,1-7H3,(H,22,24). The smallest absolute Gasteiger partial charge is 0.494 e. The molecule has 1 aromatic heterocycles. The molecule has 1 aliphatic heterocycles. The number of phenolic OH excluding ortho intramolecular Hbond substituents is 1. The van der Waals surface area contributed by atoms with E-state index in [2.05, 4.69) is 5.32 Å². The molecule has 1 fully saturated rings. The number of amides is 1. The van der Waals surface area contributed by atoms with Gasteiger partial charge in [-0.1, -0.05) is 6.07 Å². The van der Waals surface area contributed by atoms with Crippen molar-refractivity contribution in [2.45, 2.75) is 71.8 Å². The summed E-state index contributed by atoms with van der Waals surface area (Å²) in [5.74, 6) is 0.493. The topological polar surface area (TPSA) is 90.2 Å². The number of carbonyl (C=O) groups excluding carboxylic acids is 1. The Kier molecular flexibility index (Phi) is 4.92. The predicted molar refractivity (Wildman–Crippen MR) is 107 cm³/mol. The largest absolute Gasteiger partial charge is 0.504 e. The average Bonchev–Trinajstić information content (AvgIpc) is 3.02. The van der Waals surface area contributed by atoms with Gasteiger partial charge in [-0.25, -0.2) is 4.79 Å². The third kappa shape index (κ3) is 4.13. The zero-order chi connectivity index (χ0) is 20.9. The molecule has 1 saturated heterocycles. The van der Waals surface area contributed by atoms with Crippen molar-refractivity contribution in [3.05, 3.63) is 24.0 Å². The van der Waals surface area contributed by atoms with Gasteiger partial charge in [0.15, 0.2) is 11.3 Å². The highest BCUT2D eigenvalue weighted by atomic mass is 16.7. The second-order valence-electron chi connectivity index (χ2n) is 9.11. The Labute approximate surface area is 165 Å². The summed E-state index contributed by atoms with van der Waals surface area (Å²) in [7, 11) is -0.585. The number of hydrogen-bond donors (Lipinski definition) is 2. The van der Waals surface area contributed by atoms with Gasteiger partial charge in [-0.3, -0.25) is 0 Å². The molecule has 1 aromatic carbocycles. The monoisotopic (exact) mass is 389 g/mol. The van der Waals surface area contributed by atoms with Crippen LogP contribution in [0.4, 0.5) is 4.79 Å². The average molecular weight is 389 g/mol. The fraction of sp³-hybridized carbons (Fsp3) is 0.550. The van der Waals surface area contributed by atoms with E-state index < -0.39 is 30.0 Å². The van der Waals surface area contributed by atoms with Crippen molar-refractivity contribution < 1.29 is 28.4 Å². The molecule has 8 heteroatoms. The minimum absolute atomic E-state index is 0.00858. The van der Waals surface area contributed by atoms with Crippen molar-refractivity contribution in [1.29, 1.82) is 0 Å². The molecular formula is C20H28BNO6. The lowest BCUT2D eigenvalue weighted by molar-refractivity contribution is 0.00578. The van der Waals surface area contributed by atoms with Crippen LogP contribution in [0.3, 0.4) is 0 Å². The summed E-state index contributed by atoms with van der Waals surface area (Å²) < 4.78 is 23.0. The van der Waals surface area contributed by atoms with Crippen LogP contribution in [0, 0.1) is 0 Å². The molecule has 0 bridgehead atoms. The molecule has 0 unspecified atom stereocenters. The highest BCUT2D eigenvalue weighted by Crippen LogP contribution is 2.37. The first-order valence-electron chi connectivity index (χ1n) is 9.35. The molecule has 28 heavy (non-hydrogen) atoms. The number of carbonyl (C=O) groups is 1. The highest BCUT2D eigenvalue weighted by molar-refractivity contribution is 6.62. The van der Waals surface area contributed by atoms with Crippen LogP contribution < -0.4 is 10.8 Å². The van der Waals surface area contributed by atoms with Crippen molar-refractivity contribution in [3.63, 3.8) is 0 Å². The highest BCUT2D eigenvalue weighted by Gasteiger charge is 2.51.